The topological polar surface area (TPSA) is 40.4 Å². The summed E-state index contributed by atoms with van der Waals surface area (Å²) >= 11 is 0. The Kier molecular flexibility index (Phi) is 44.6. The van der Waals surface area contributed by atoms with E-state index in [0.717, 1.165) is 0 Å². The fourth-order valence-electron chi connectivity index (χ4n) is 1.81. The standard InChI is InChI=1S/C6H12N2.Bi.5ClH.H2O/c1-2-8-5-3-7(1)4-6-8;;;;;;;/h1-6H2;;5*1H;1H2/q;+3;;;;;;/p-3. The van der Waals surface area contributed by atoms with Crippen molar-refractivity contribution in [3.63, 3.8) is 0 Å². The molecule has 3 aliphatic rings. The molecule has 0 atom stereocenters. The first kappa shape index (κ1) is 36.0. The molecule has 3 nitrogen and oxygen atoms in total. The molecule has 0 aromatic heterocycles. The van der Waals surface area contributed by atoms with Gasteiger partial charge in [-0.25, -0.2) is 0 Å². The van der Waals surface area contributed by atoms with Crippen LogP contribution in [-0.2, 0) is 0 Å². The number of hydrogen-bond acceptors (Lipinski definition) is 0. The number of piperazine rings is 3. The van der Waals surface area contributed by atoms with Crippen LogP contribution in [0, 0.1) is 0 Å². The zero-order valence-electron chi connectivity index (χ0n) is 8.08. The number of halogens is 5. The van der Waals surface area contributed by atoms with Crippen LogP contribution >= 0.6 is 0 Å². The molecule has 4 N–H and O–H groups in total. The van der Waals surface area contributed by atoms with E-state index < -0.39 is 0 Å². The van der Waals surface area contributed by atoms with Gasteiger partial charge in [0.15, 0.2) is 0 Å². The van der Waals surface area contributed by atoms with Gasteiger partial charge in [-0.2, -0.15) is 0 Å². The molecular formula is C6H16BiCl5N2O. The summed E-state index contributed by atoms with van der Waals surface area (Å²) in [6.45, 7) is 8.64. The summed E-state index contributed by atoms with van der Waals surface area (Å²) in [6, 6.07) is 0. The summed E-state index contributed by atoms with van der Waals surface area (Å²) in [5, 5.41) is 0. The summed E-state index contributed by atoms with van der Waals surface area (Å²) in [5.41, 5.74) is 0. The molecule has 3 aliphatic heterocycles. The fourth-order valence-corrected chi connectivity index (χ4v) is 1.81. The first-order chi connectivity index (χ1) is 3.95. The number of nitrogens with one attached hydrogen (secondary N) is 2. The predicted molar refractivity (Wildman–Crippen MR) is 40.5 cm³/mol. The van der Waals surface area contributed by atoms with Crippen molar-refractivity contribution in [2.45, 2.75) is 0 Å². The monoisotopic (exact) mass is 516 g/mol. The number of quaternary nitrogens is 2. The maximum atomic E-state index is 1.85. The Hall–Kier alpha value is 2.21. The van der Waals surface area contributed by atoms with Gasteiger partial charge in [0, 0.05) is 0 Å². The van der Waals surface area contributed by atoms with Crippen molar-refractivity contribution >= 4 is 26.2 Å². The molecule has 0 aliphatic carbocycles. The van der Waals surface area contributed by atoms with E-state index in [-0.39, 0.29) is 93.7 Å². The molecule has 2 bridgehead atoms. The maximum absolute atomic E-state index is 1.85. The Bertz CT molecular complexity index is 84.5. The zero-order chi connectivity index (χ0) is 5.40. The van der Waals surface area contributed by atoms with Gasteiger partial charge in [0.05, 0.1) is 0 Å². The van der Waals surface area contributed by atoms with Crippen LogP contribution in [0.1, 0.15) is 0 Å². The van der Waals surface area contributed by atoms with Crippen LogP contribution in [0.5, 0.6) is 0 Å². The number of rotatable bonds is 0. The van der Waals surface area contributed by atoms with Crippen LogP contribution in [0.3, 0.4) is 0 Å². The molecular weight excluding hydrogens is 502 g/mol. The van der Waals surface area contributed by atoms with Gasteiger partial charge in [0.1, 0.15) is 39.3 Å². The van der Waals surface area contributed by atoms with Crippen LogP contribution in [0.2, 0.25) is 0 Å². The minimum atomic E-state index is 0. The third-order valence-corrected chi connectivity index (χ3v) is 2.50. The SMILES string of the molecule is C1C[NH+]2CC[NH+]1CC2.O.[Bi+3].[Cl-].[Cl-].[Cl-].[Cl-].[Cl-]. The summed E-state index contributed by atoms with van der Waals surface area (Å²) in [5.74, 6) is 0. The predicted octanol–water partition coefficient (Wildman–Crippen LogP) is -19.4. The number of hydrogen-bond donors (Lipinski definition) is 2. The van der Waals surface area contributed by atoms with Crippen molar-refractivity contribution in [2.75, 3.05) is 39.3 Å². The van der Waals surface area contributed by atoms with Gasteiger partial charge in [0.2, 0.25) is 0 Å². The second-order valence-corrected chi connectivity index (χ2v) is 3.00. The van der Waals surface area contributed by atoms with E-state index in [4.69, 9.17) is 0 Å². The summed E-state index contributed by atoms with van der Waals surface area (Å²) < 4.78 is 0. The van der Waals surface area contributed by atoms with Crippen LogP contribution in [0.15, 0.2) is 0 Å². The molecule has 0 spiro atoms. The fraction of sp³-hybridized carbons (Fsp3) is 1.00. The van der Waals surface area contributed by atoms with E-state index in [2.05, 4.69) is 0 Å². The molecule has 2 radical (unpaired) electrons. The van der Waals surface area contributed by atoms with E-state index in [1.54, 1.807) is 0 Å². The number of fused-ring (bicyclic) bond motifs is 3. The second-order valence-electron chi connectivity index (χ2n) is 3.00. The van der Waals surface area contributed by atoms with Crippen molar-refractivity contribution in [2.24, 2.45) is 0 Å². The molecule has 0 unspecified atom stereocenters. The molecule has 96 valence electrons. The Morgan fingerprint density at radius 2 is 0.600 bits per heavy atom. The molecule has 0 aromatic rings. The van der Waals surface area contributed by atoms with Crippen LogP contribution in [0.25, 0.3) is 0 Å². The molecule has 0 aromatic carbocycles. The van der Waals surface area contributed by atoms with Crippen molar-refractivity contribution in [3.05, 3.63) is 0 Å². The zero-order valence-corrected chi connectivity index (χ0v) is 15.3. The first-order valence-corrected chi connectivity index (χ1v) is 3.62. The van der Waals surface area contributed by atoms with Gasteiger partial charge in [0.25, 0.3) is 0 Å². The van der Waals surface area contributed by atoms with E-state index in [1.165, 1.54) is 39.3 Å². The van der Waals surface area contributed by atoms with E-state index in [0.29, 0.717) is 0 Å². The van der Waals surface area contributed by atoms with Gasteiger partial charge >= 0.3 is 26.2 Å². The summed E-state index contributed by atoms with van der Waals surface area (Å²) in [4.78, 5) is 3.69. The Labute approximate surface area is 142 Å². The quantitative estimate of drug-likeness (QED) is 0.300. The Morgan fingerprint density at radius 3 is 0.667 bits per heavy atom. The van der Waals surface area contributed by atoms with Crippen LogP contribution < -0.4 is 71.8 Å². The third kappa shape index (κ3) is 11.1. The Balaban J connectivity index is -0.0000000289. The molecule has 15 heavy (non-hydrogen) atoms. The smallest absolute Gasteiger partial charge is 1.00 e. The van der Waals surface area contributed by atoms with Crippen molar-refractivity contribution in [3.8, 4) is 0 Å². The first-order valence-electron chi connectivity index (χ1n) is 3.62. The minimum Gasteiger partial charge on any atom is -1.00 e. The van der Waals surface area contributed by atoms with Crippen molar-refractivity contribution in [1.29, 1.82) is 0 Å². The third-order valence-electron chi connectivity index (χ3n) is 2.50. The van der Waals surface area contributed by atoms with Crippen molar-refractivity contribution < 1.29 is 77.3 Å². The molecule has 3 heterocycles. The van der Waals surface area contributed by atoms with E-state index in [9.17, 15) is 0 Å². The van der Waals surface area contributed by atoms with E-state index in [1.807, 2.05) is 9.80 Å². The molecule has 0 amide bonds. The van der Waals surface area contributed by atoms with Crippen LogP contribution in [0.4, 0.5) is 0 Å². The van der Waals surface area contributed by atoms with Gasteiger partial charge in [-0.15, -0.1) is 0 Å². The molecule has 3 rings (SSSR count). The van der Waals surface area contributed by atoms with Crippen molar-refractivity contribution in [1.82, 2.24) is 0 Å². The summed E-state index contributed by atoms with van der Waals surface area (Å²) in [6.07, 6.45) is 0. The van der Waals surface area contributed by atoms with Gasteiger partial charge in [-0.05, 0) is 0 Å². The average molecular weight is 518 g/mol. The minimum absolute atomic E-state index is 0. The molecule has 3 fully saturated rings. The normalized spacial score (nSPS) is 24.0. The van der Waals surface area contributed by atoms with Crippen LogP contribution in [-0.4, -0.2) is 70.9 Å². The van der Waals surface area contributed by atoms with Gasteiger partial charge < -0.3 is 77.3 Å². The second kappa shape index (κ2) is 18.6. The van der Waals surface area contributed by atoms with Gasteiger partial charge in [-0.1, -0.05) is 0 Å². The molecule has 0 saturated carbocycles. The maximum Gasteiger partial charge on any atom is 3.00 e. The van der Waals surface area contributed by atoms with E-state index >= 15 is 0 Å². The molecule has 3 saturated heterocycles. The average Bonchev–Trinajstić information content (AvgIpc) is 1.92. The summed E-state index contributed by atoms with van der Waals surface area (Å²) in [7, 11) is 0. The van der Waals surface area contributed by atoms with Gasteiger partial charge in [-0.3, -0.25) is 0 Å². The molecule has 9 heteroatoms. The Morgan fingerprint density at radius 1 is 0.467 bits per heavy atom. The largest absolute Gasteiger partial charge is 3.00 e.